The van der Waals surface area contributed by atoms with Crippen LogP contribution in [0.15, 0.2) is 0 Å². The Labute approximate surface area is 101 Å². The number of Topliss-reactive ketones (excluding diaryl/α,β-unsaturated/α-hetero) is 1. The van der Waals surface area contributed by atoms with E-state index >= 15 is 0 Å². The van der Waals surface area contributed by atoms with Gasteiger partial charge in [-0.25, -0.2) is 0 Å². The van der Waals surface area contributed by atoms with Crippen molar-refractivity contribution in [1.29, 1.82) is 0 Å². The SMILES string of the molecule is COC(=O)CCC1CC2(O)CCCC(C2)C1=O. The number of ether oxygens (including phenoxy) is 1. The minimum Gasteiger partial charge on any atom is -0.469 e. The summed E-state index contributed by atoms with van der Waals surface area (Å²) in [5, 5.41) is 10.3. The topological polar surface area (TPSA) is 63.6 Å². The molecule has 17 heavy (non-hydrogen) atoms. The van der Waals surface area contributed by atoms with E-state index in [2.05, 4.69) is 4.74 Å². The van der Waals surface area contributed by atoms with Crippen LogP contribution in [0.5, 0.6) is 0 Å². The second-order valence-electron chi connectivity index (χ2n) is 5.44. The van der Waals surface area contributed by atoms with Crippen LogP contribution >= 0.6 is 0 Å². The van der Waals surface area contributed by atoms with E-state index in [1.165, 1.54) is 7.11 Å². The van der Waals surface area contributed by atoms with Crippen molar-refractivity contribution < 1.29 is 19.4 Å². The molecule has 0 aromatic carbocycles. The molecule has 0 aromatic heterocycles. The largest absolute Gasteiger partial charge is 0.469 e. The van der Waals surface area contributed by atoms with Crippen molar-refractivity contribution >= 4 is 11.8 Å². The number of ketones is 1. The molecule has 3 unspecified atom stereocenters. The molecule has 0 amide bonds. The maximum Gasteiger partial charge on any atom is 0.305 e. The molecule has 0 aliphatic heterocycles. The molecule has 2 rings (SSSR count). The highest BCUT2D eigenvalue weighted by atomic mass is 16.5. The Morgan fingerprint density at radius 3 is 3.00 bits per heavy atom. The summed E-state index contributed by atoms with van der Waals surface area (Å²) in [6, 6.07) is 0. The third-order valence-electron chi connectivity index (χ3n) is 4.18. The van der Waals surface area contributed by atoms with E-state index < -0.39 is 5.60 Å². The van der Waals surface area contributed by atoms with Gasteiger partial charge in [0, 0.05) is 18.3 Å². The Morgan fingerprint density at radius 1 is 1.53 bits per heavy atom. The lowest BCUT2D eigenvalue weighted by molar-refractivity contribution is -0.146. The zero-order valence-electron chi connectivity index (χ0n) is 10.3. The number of hydrogen-bond donors (Lipinski definition) is 1. The van der Waals surface area contributed by atoms with Crippen molar-refractivity contribution in [1.82, 2.24) is 0 Å². The Balaban J connectivity index is 1.98. The second kappa shape index (κ2) is 4.77. The summed E-state index contributed by atoms with van der Waals surface area (Å²) < 4.78 is 4.58. The fourth-order valence-electron chi connectivity index (χ4n) is 3.30. The van der Waals surface area contributed by atoms with Crippen LogP contribution in [-0.4, -0.2) is 29.6 Å². The lowest BCUT2D eigenvalue weighted by Crippen LogP contribution is -2.47. The Bertz CT molecular complexity index is 325. The van der Waals surface area contributed by atoms with Crippen LogP contribution in [0.2, 0.25) is 0 Å². The molecule has 0 saturated heterocycles. The van der Waals surface area contributed by atoms with Gasteiger partial charge in [-0.05, 0) is 38.5 Å². The number of carbonyl (C=O) groups excluding carboxylic acids is 2. The number of esters is 1. The number of methoxy groups -OCH3 is 1. The molecule has 0 spiro atoms. The highest BCUT2D eigenvalue weighted by molar-refractivity contribution is 5.85. The van der Waals surface area contributed by atoms with Crippen molar-refractivity contribution in [2.75, 3.05) is 7.11 Å². The molecule has 4 nitrogen and oxygen atoms in total. The average Bonchev–Trinajstić information content (AvgIpc) is 2.31. The maximum absolute atomic E-state index is 12.1. The lowest BCUT2D eigenvalue weighted by Gasteiger charge is -2.44. The first kappa shape index (κ1) is 12.6. The van der Waals surface area contributed by atoms with Crippen molar-refractivity contribution in [2.45, 2.75) is 50.5 Å². The lowest BCUT2D eigenvalue weighted by atomic mass is 9.64. The predicted molar refractivity (Wildman–Crippen MR) is 61.3 cm³/mol. The van der Waals surface area contributed by atoms with Gasteiger partial charge < -0.3 is 9.84 Å². The van der Waals surface area contributed by atoms with Gasteiger partial charge in [0.25, 0.3) is 0 Å². The van der Waals surface area contributed by atoms with Crippen molar-refractivity contribution in [3.05, 3.63) is 0 Å². The summed E-state index contributed by atoms with van der Waals surface area (Å²) in [6.45, 7) is 0. The molecule has 0 heterocycles. The van der Waals surface area contributed by atoms with Crippen LogP contribution in [-0.2, 0) is 14.3 Å². The summed E-state index contributed by atoms with van der Waals surface area (Å²) in [7, 11) is 1.35. The van der Waals surface area contributed by atoms with E-state index in [4.69, 9.17) is 0 Å². The molecule has 0 aromatic rings. The monoisotopic (exact) mass is 240 g/mol. The summed E-state index contributed by atoms with van der Waals surface area (Å²) in [5.74, 6) is -0.165. The number of carbonyl (C=O) groups is 2. The van der Waals surface area contributed by atoms with Crippen LogP contribution < -0.4 is 0 Å². The van der Waals surface area contributed by atoms with Gasteiger partial charge in [-0.15, -0.1) is 0 Å². The number of fused-ring (bicyclic) bond motifs is 2. The van der Waals surface area contributed by atoms with E-state index in [0.29, 0.717) is 19.3 Å². The molecular weight excluding hydrogens is 220 g/mol. The van der Waals surface area contributed by atoms with Crippen molar-refractivity contribution in [2.24, 2.45) is 11.8 Å². The van der Waals surface area contributed by atoms with E-state index in [1.54, 1.807) is 0 Å². The Kier molecular flexibility index (Phi) is 3.52. The van der Waals surface area contributed by atoms with E-state index in [1.807, 2.05) is 0 Å². The first-order valence-electron chi connectivity index (χ1n) is 6.37. The van der Waals surface area contributed by atoms with Gasteiger partial charge >= 0.3 is 5.97 Å². The number of rotatable bonds is 3. The minimum atomic E-state index is -0.655. The fraction of sp³-hybridized carbons (Fsp3) is 0.846. The molecule has 96 valence electrons. The molecule has 1 N–H and O–H groups in total. The van der Waals surface area contributed by atoms with Gasteiger partial charge in [-0.2, -0.15) is 0 Å². The molecule has 2 saturated carbocycles. The van der Waals surface area contributed by atoms with Crippen LogP contribution in [0.4, 0.5) is 0 Å². The van der Waals surface area contributed by atoms with Gasteiger partial charge in [-0.1, -0.05) is 0 Å². The average molecular weight is 240 g/mol. The summed E-state index contributed by atoms with van der Waals surface area (Å²) in [6.07, 6.45) is 4.58. The quantitative estimate of drug-likeness (QED) is 0.758. The number of aliphatic hydroxyl groups is 1. The highest BCUT2D eigenvalue weighted by Gasteiger charge is 2.46. The van der Waals surface area contributed by atoms with Gasteiger partial charge in [0.05, 0.1) is 12.7 Å². The summed E-state index contributed by atoms with van der Waals surface area (Å²) in [4.78, 5) is 23.2. The molecule has 2 aliphatic rings. The molecule has 3 atom stereocenters. The van der Waals surface area contributed by atoms with E-state index in [9.17, 15) is 14.7 Å². The normalized spacial score (nSPS) is 36.7. The minimum absolute atomic E-state index is 0.0187. The van der Waals surface area contributed by atoms with Crippen LogP contribution in [0.1, 0.15) is 44.9 Å². The zero-order chi connectivity index (χ0) is 12.5. The molecule has 2 aliphatic carbocycles. The Morgan fingerprint density at radius 2 is 2.29 bits per heavy atom. The fourth-order valence-corrected chi connectivity index (χ4v) is 3.30. The third-order valence-corrected chi connectivity index (χ3v) is 4.18. The first-order valence-corrected chi connectivity index (χ1v) is 6.37. The smallest absolute Gasteiger partial charge is 0.305 e. The van der Waals surface area contributed by atoms with E-state index in [0.717, 1.165) is 19.3 Å². The molecular formula is C13H20O4. The zero-order valence-corrected chi connectivity index (χ0v) is 10.3. The van der Waals surface area contributed by atoms with Gasteiger partial charge in [0.2, 0.25) is 0 Å². The number of hydrogen-bond acceptors (Lipinski definition) is 4. The van der Waals surface area contributed by atoms with Gasteiger partial charge in [0.15, 0.2) is 0 Å². The second-order valence-corrected chi connectivity index (χ2v) is 5.44. The van der Waals surface area contributed by atoms with Gasteiger partial charge in [0.1, 0.15) is 5.78 Å². The van der Waals surface area contributed by atoms with Crippen LogP contribution in [0, 0.1) is 11.8 Å². The first-order chi connectivity index (χ1) is 8.04. The van der Waals surface area contributed by atoms with Gasteiger partial charge in [-0.3, -0.25) is 9.59 Å². The standard InChI is InChI=1S/C13H20O4/c1-17-11(14)5-4-10-8-13(16)6-2-3-9(7-13)12(10)15/h9-10,16H,2-8H2,1H3. The third kappa shape index (κ3) is 2.68. The maximum atomic E-state index is 12.1. The molecule has 4 heteroatoms. The predicted octanol–water partition coefficient (Wildman–Crippen LogP) is 1.45. The molecule has 2 fully saturated rings. The van der Waals surface area contributed by atoms with E-state index in [-0.39, 0.29) is 30.0 Å². The van der Waals surface area contributed by atoms with Crippen LogP contribution in [0.25, 0.3) is 0 Å². The van der Waals surface area contributed by atoms with Crippen molar-refractivity contribution in [3.8, 4) is 0 Å². The Hall–Kier alpha value is -0.900. The summed E-state index contributed by atoms with van der Waals surface area (Å²) >= 11 is 0. The van der Waals surface area contributed by atoms with Crippen molar-refractivity contribution in [3.63, 3.8) is 0 Å². The summed E-state index contributed by atoms with van der Waals surface area (Å²) in [5.41, 5.74) is -0.655. The van der Waals surface area contributed by atoms with Crippen LogP contribution in [0.3, 0.4) is 0 Å². The molecule has 0 radical (unpaired) electrons. The highest BCUT2D eigenvalue weighted by Crippen LogP contribution is 2.44. The molecule has 2 bridgehead atoms.